The molecule has 0 unspecified atom stereocenters. The van der Waals surface area contributed by atoms with Gasteiger partial charge in [-0.3, -0.25) is 4.79 Å². The minimum Gasteiger partial charge on any atom is -0.357 e. The minimum absolute atomic E-state index is 0.197. The fourth-order valence-electron chi connectivity index (χ4n) is 2.84. The second kappa shape index (κ2) is 7.22. The summed E-state index contributed by atoms with van der Waals surface area (Å²) in [5.74, 6) is 0.648. The van der Waals surface area contributed by atoms with Crippen LogP contribution < -0.4 is 10.2 Å². The van der Waals surface area contributed by atoms with Gasteiger partial charge in [0.1, 0.15) is 17.8 Å². The van der Waals surface area contributed by atoms with Gasteiger partial charge in [0.05, 0.1) is 0 Å². The summed E-state index contributed by atoms with van der Waals surface area (Å²) in [6, 6.07) is 9.51. The van der Waals surface area contributed by atoms with Crippen molar-refractivity contribution in [2.24, 2.45) is 0 Å². The number of amides is 1. The van der Waals surface area contributed by atoms with Crippen molar-refractivity contribution in [2.45, 2.75) is 32.6 Å². The Morgan fingerprint density at radius 1 is 1.09 bits per heavy atom. The van der Waals surface area contributed by atoms with Gasteiger partial charge in [0.25, 0.3) is 5.91 Å². The van der Waals surface area contributed by atoms with E-state index in [9.17, 15) is 4.79 Å². The van der Waals surface area contributed by atoms with Gasteiger partial charge in [-0.2, -0.15) is 0 Å². The van der Waals surface area contributed by atoms with E-state index in [-0.39, 0.29) is 5.91 Å². The van der Waals surface area contributed by atoms with Crippen molar-refractivity contribution in [1.29, 1.82) is 0 Å². The van der Waals surface area contributed by atoms with Crippen LogP contribution in [-0.4, -0.2) is 29.0 Å². The predicted octanol–water partition coefficient (Wildman–Crippen LogP) is 3.42. The molecule has 2 heterocycles. The lowest BCUT2D eigenvalue weighted by Gasteiger charge is -2.21. The zero-order valence-electron chi connectivity index (χ0n) is 13.5. The number of aryl methyl sites for hydroxylation is 1. The Balaban J connectivity index is 1.76. The molecular weight excluding hydrogens is 288 g/mol. The minimum atomic E-state index is -0.197. The summed E-state index contributed by atoms with van der Waals surface area (Å²) < 4.78 is 0. The van der Waals surface area contributed by atoms with Gasteiger partial charge in [0, 0.05) is 24.8 Å². The number of anilines is 2. The van der Waals surface area contributed by atoms with Crippen LogP contribution >= 0.6 is 0 Å². The van der Waals surface area contributed by atoms with Crippen LogP contribution in [0.3, 0.4) is 0 Å². The van der Waals surface area contributed by atoms with Gasteiger partial charge >= 0.3 is 0 Å². The maximum absolute atomic E-state index is 12.4. The molecule has 23 heavy (non-hydrogen) atoms. The molecule has 1 aliphatic rings. The number of para-hydroxylation sites is 1. The molecule has 1 aromatic carbocycles. The molecule has 5 nitrogen and oxygen atoms in total. The van der Waals surface area contributed by atoms with Gasteiger partial charge in [-0.1, -0.05) is 31.0 Å². The fraction of sp³-hybridized carbons (Fsp3) is 0.389. The number of rotatable bonds is 3. The Morgan fingerprint density at radius 2 is 1.83 bits per heavy atom. The summed E-state index contributed by atoms with van der Waals surface area (Å²) in [4.78, 5) is 23.2. The lowest BCUT2D eigenvalue weighted by molar-refractivity contribution is 0.102. The molecule has 1 N–H and O–H groups in total. The van der Waals surface area contributed by atoms with E-state index in [1.54, 1.807) is 6.07 Å². The monoisotopic (exact) mass is 310 g/mol. The van der Waals surface area contributed by atoms with Crippen molar-refractivity contribution in [3.63, 3.8) is 0 Å². The molecule has 5 heteroatoms. The average Bonchev–Trinajstić information content (AvgIpc) is 2.86. The number of carbonyl (C=O) groups excluding carboxylic acids is 1. The van der Waals surface area contributed by atoms with Crippen molar-refractivity contribution in [3.05, 3.63) is 47.9 Å². The molecule has 0 radical (unpaired) electrons. The van der Waals surface area contributed by atoms with E-state index in [2.05, 4.69) is 20.2 Å². The third-order valence-electron chi connectivity index (χ3n) is 4.21. The number of nitrogens with zero attached hydrogens (tertiary/aromatic N) is 3. The summed E-state index contributed by atoms with van der Waals surface area (Å²) >= 11 is 0. The molecule has 1 amide bonds. The SMILES string of the molecule is Cc1ccccc1NC(=O)c1cc(N2CCCCCC2)ncn1. The van der Waals surface area contributed by atoms with Crippen molar-refractivity contribution in [2.75, 3.05) is 23.3 Å². The Morgan fingerprint density at radius 3 is 2.57 bits per heavy atom. The smallest absolute Gasteiger partial charge is 0.274 e. The molecule has 1 aromatic heterocycles. The van der Waals surface area contributed by atoms with E-state index in [0.717, 1.165) is 30.2 Å². The highest BCUT2D eigenvalue weighted by atomic mass is 16.1. The van der Waals surface area contributed by atoms with E-state index >= 15 is 0 Å². The number of hydrogen-bond donors (Lipinski definition) is 1. The number of carbonyl (C=O) groups is 1. The third kappa shape index (κ3) is 3.86. The van der Waals surface area contributed by atoms with E-state index in [1.165, 1.54) is 32.0 Å². The largest absolute Gasteiger partial charge is 0.357 e. The number of benzene rings is 1. The Kier molecular flexibility index (Phi) is 4.86. The zero-order valence-corrected chi connectivity index (χ0v) is 13.5. The molecule has 0 aliphatic carbocycles. The average molecular weight is 310 g/mol. The van der Waals surface area contributed by atoms with Crippen LogP contribution in [0.15, 0.2) is 36.7 Å². The lowest BCUT2D eigenvalue weighted by Crippen LogP contribution is -2.25. The summed E-state index contributed by atoms with van der Waals surface area (Å²) in [6.07, 6.45) is 6.36. The van der Waals surface area contributed by atoms with Crippen LogP contribution in [0.25, 0.3) is 0 Å². The molecule has 3 rings (SSSR count). The van der Waals surface area contributed by atoms with E-state index in [4.69, 9.17) is 0 Å². The highest BCUT2D eigenvalue weighted by molar-refractivity contribution is 6.03. The molecule has 0 saturated carbocycles. The Bertz CT molecular complexity index is 678. The van der Waals surface area contributed by atoms with Crippen LogP contribution in [0.5, 0.6) is 0 Å². The van der Waals surface area contributed by atoms with Crippen molar-refractivity contribution in [3.8, 4) is 0 Å². The summed E-state index contributed by atoms with van der Waals surface area (Å²) in [6.45, 7) is 3.96. The first-order chi connectivity index (χ1) is 11.2. The second-order valence-corrected chi connectivity index (χ2v) is 5.93. The van der Waals surface area contributed by atoms with Crippen LogP contribution in [0.4, 0.5) is 11.5 Å². The van der Waals surface area contributed by atoms with E-state index in [1.807, 2.05) is 31.2 Å². The van der Waals surface area contributed by atoms with Crippen LogP contribution in [-0.2, 0) is 0 Å². The molecule has 0 atom stereocenters. The standard InChI is InChI=1S/C18H22N4O/c1-14-8-4-5-9-15(14)21-18(23)16-12-17(20-13-19-16)22-10-6-2-3-7-11-22/h4-5,8-9,12-13H,2-3,6-7,10-11H2,1H3,(H,21,23). The van der Waals surface area contributed by atoms with Gasteiger partial charge in [-0.25, -0.2) is 9.97 Å². The molecular formula is C18H22N4O. The molecule has 2 aromatic rings. The van der Waals surface area contributed by atoms with Crippen molar-refractivity contribution >= 4 is 17.4 Å². The second-order valence-electron chi connectivity index (χ2n) is 5.93. The first kappa shape index (κ1) is 15.5. The van der Waals surface area contributed by atoms with Crippen molar-refractivity contribution in [1.82, 2.24) is 9.97 Å². The quantitative estimate of drug-likeness (QED) is 0.943. The predicted molar refractivity (Wildman–Crippen MR) is 91.8 cm³/mol. The molecule has 120 valence electrons. The zero-order chi connectivity index (χ0) is 16.1. The van der Waals surface area contributed by atoms with Crippen LogP contribution in [0.1, 0.15) is 41.7 Å². The molecule has 0 spiro atoms. The maximum Gasteiger partial charge on any atom is 0.274 e. The van der Waals surface area contributed by atoms with Gasteiger partial charge < -0.3 is 10.2 Å². The van der Waals surface area contributed by atoms with Gasteiger partial charge in [-0.15, -0.1) is 0 Å². The first-order valence-electron chi connectivity index (χ1n) is 8.18. The fourth-order valence-corrected chi connectivity index (χ4v) is 2.84. The van der Waals surface area contributed by atoms with Crippen molar-refractivity contribution < 1.29 is 4.79 Å². The lowest BCUT2D eigenvalue weighted by atomic mass is 10.2. The van der Waals surface area contributed by atoms with E-state index < -0.39 is 0 Å². The first-order valence-corrected chi connectivity index (χ1v) is 8.18. The summed E-state index contributed by atoms with van der Waals surface area (Å²) in [5, 5.41) is 2.92. The van der Waals surface area contributed by atoms with Gasteiger partial charge in [0.15, 0.2) is 0 Å². The number of aromatic nitrogens is 2. The maximum atomic E-state index is 12.4. The number of nitrogens with one attached hydrogen (secondary N) is 1. The Hall–Kier alpha value is -2.43. The van der Waals surface area contributed by atoms with Gasteiger partial charge in [0.2, 0.25) is 0 Å². The number of hydrogen-bond acceptors (Lipinski definition) is 4. The molecule has 1 fully saturated rings. The molecule has 1 saturated heterocycles. The normalized spacial score (nSPS) is 15.1. The highest BCUT2D eigenvalue weighted by Crippen LogP contribution is 2.19. The van der Waals surface area contributed by atoms with Crippen LogP contribution in [0.2, 0.25) is 0 Å². The molecule has 1 aliphatic heterocycles. The Labute approximate surface area is 136 Å². The summed E-state index contributed by atoms with van der Waals surface area (Å²) in [5.41, 5.74) is 2.25. The molecule has 0 bridgehead atoms. The highest BCUT2D eigenvalue weighted by Gasteiger charge is 2.15. The summed E-state index contributed by atoms with van der Waals surface area (Å²) in [7, 11) is 0. The topological polar surface area (TPSA) is 58.1 Å². The third-order valence-corrected chi connectivity index (χ3v) is 4.21. The van der Waals surface area contributed by atoms with E-state index in [0.29, 0.717) is 5.69 Å². The van der Waals surface area contributed by atoms with Gasteiger partial charge in [-0.05, 0) is 31.4 Å². The van der Waals surface area contributed by atoms with Crippen LogP contribution in [0, 0.1) is 6.92 Å².